The van der Waals surface area contributed by atoms with Crippen LogP contribution in [-0.2, 0) is 6.42 Å². The SMILES string of the molecule is CCOc1cccc(O)c1CC(C)(C)N. The summed E-state index contributed by atoms with van der Waals surface area (Å²) in [6.07, 6.45) is 0.592. The maximum absolute atomic E-state index is 9.75. The van der Waals surface area contributed by atoms with Crippen LogP contribution < -0.4 is 10.5 Å². The van der Waals surface area contributed by atoms with Gasteiger partial charge in [0, 0.05) is 11.1 Å². The molecule has 0 bridgehead atoms. The van der Waals surface area contributed by atoms with Gasteiger partial charge in [-0.05, 0) is 39.3 Å². The second-order valence-electron chi connectivity index (χ2n) is 4.35. The first-order chi connectivity index (χ1) is 6.94. The third kappa shape index (κ3) is 3.44. The molecule has 0 atom stereocenters. The van der Waals surface area contributed by atoms with Crippen LogP contribution in [0.5, 0.6) is 11.5 Å². The van der Waals surface area contributed by atoms with Gasteiger partial charge in [0.2, 0.25) is 0 Å². The van der Waals surface area contributed by atoms with E-state index in [-0.39, 0.29) is 11.3 Å². The average molecular weight is 209 g/mol. The summed E-state index contributed by atoms with van der Waals surface area (Å²) in [5.74, 6) is 0.968. The Kier molecular flexibility index (Phi) is 3.58. The Balaban J connectivity index is 3.02. The highest BCUT2D eigenvalue weighted by atomic mass is 16.5. The zero-order valence-corrected chi connectivity index (χ0v) is 9.58. The van der Waals surface area contributed by atoms with Gasteiger partial charge in [0.05, 0.1) is 6.61 Å². The molecule has 1 rings (SSSR count). The number of nitrogens with two attached hydrogens (primary N) is 1. The Morgan fingerprint density at radius 3 is 2.60 bits per heavy atom. The van der Waals surface area contributed by atoms with Crippen molar-refractivity contribution in [2.75, 3.05) is 6.61 Å². The van der Waals surface area contributed by atoms with E-state index in [0.29, 0.717) is 13.0 Å². The number of phenols is 1. The lowest BCUT2D eigenvalue weighted by atomic mass is 9.95. The fraction of sp³-hybridized carbons (Fsp3) is 0.500. The fourth-order valence-corrected chi connectivity index (χ4v) is 1.48. The third-order valence-electron chi connectivity index (χ3n) is 2.04. The van der Waals surface area contributed by atoms with E-state index in [1.54, 1.807) is 12.1 Å². The summed E-state index contributed by atoms with van der Waals surface area (Å²) in [7, 11) is 0. The van der Waals surface area contributed by atoms with E-state index in [1.807, 2.05) is 26.8 Å². The van der Waals surface area contributed by atoms with Crippen molar-refractivity contribution >= 4 is 0 Å². The summed E-state index contributed by atoms with van der Waals surface area (Å²) in [6, 6.07) is 5.28. The van der Waals surface area contributed by atoms with E-state index < -0.39 is 0 Å². The normalized spacial score (nSPS) is 11.5. The summed E-state index contributed by atoms with van der Waals surface area (Å²) >= 11 is 0. The molecule has 0 saturated heterocycles. The minimum Gasteiger partial charge on any atom is -0.508 e. The van der Waals surface area contributed by atoms with Crippen molar-refractivity contribution in [1.29, 1.82) is 0 Å². The van der Waals surface area contributed by atoms with Crippen molar-refractivity contribution in [3.05, 3.63) is 23.8 Å². The first-order valence-corrected chi connectivity index (χ1v) is 5.16. The predicted molar refractivity (Wildman–Crippen MR) is 61.2 cm³/mol. The molecule has 15 heavy (non-hydrogen) atoms. The highest BCUT2D eigenvalue weighted by Crippen LogP contribution is 2.30. The summed E-state index contributed by atoms with van der Waals surface area (Å²) in [5.41, 5.74) is 6.36. The molecular weight excluding hydrogens is 190 g/mol. The molecule has 0 unspecified atom stereocenters. The minimum atomic E-state index is -0.356. The molecule has 0 aliphatic heterocycles. The molecule has 0 saturated carbocycles. The van der Waals surface area contributed by atoms with Crippen molar-refractivity contribution in [1.82, 2.24) is 0 Å². The Bertz CT molecular complexity index is 329. The number of hydrogen-bond donors (Lipinski definition) is 2. The largest absolute Gasteiger partial charge is 0.508 e. The van der Waals surface area contributed by atoms with Gasteiger partial charge in [-0.2, -0.15) is 0 Å². The number of aromatic hydroxyl groups is 1. The molecule has 0 radical (unpaired) electrons. The Hall–Kier alpha value is -1.22. The summed E-state index contributed by atoms with van der Waals surface area (Å²) < 4.78 is 5.45. The molecule has 0 aliphatic rings. The van der Waals surface area contributed by atoms with Crippen LogP contribution in [0.4, 0.5) is 0 Å². The van der Waals surface area contributed by atoms with Gasteiger partial charge in [-0.3, -0.25) is 0 Å². The van der Waals surface area contributed by atoms with E-state index in [0.717, 1.165) is 11.3 Å². The van der Waals surface area contributed by atoms with Crippen LogP contribution in [0, 0.1) is 0 Å². The van der Waals surface area contributed by atoms with Crippen molar-refractivity contribution in [2.45, 2.75) is 32.7 Å². The molecule has 0 aliphatic carbocycles. The van der Waals surface area contributed by atoms with E-state index in [1.165, 1.54) is 0 Å². The molecule has 0 fully saturated rings. The lowest BCUT2D eigenvalue weighted by Gasteiger charge is -2.21. The van der Waals surface area contributed by atoms with Crippen LogP contribution in [0.1, 0.15) is 26.3 Å². The molecule has 1 aromatic carbocycles. The maximum Gasteiger partial charge on any atom is 0.126 e. The van der Waals surface area contributed by atoms with Gasteiger partial charge in [-0.1, -0.05) is 6.07 Å². The summed E-state index contributed by atoms with van der Waals surface area (Å²) in [6.45, 7) is 6.35. The van der Waals surface area contributed by atoms with Gasteiger partial charge in [0.1, 0.15) is 11.5 Å². The van der Waals surface area contributed by atoms with Crippen LogP contribution in [-0.4, -0.2) is 17.3 Å². The zero-order chi connectivity index (χ0) is 11.5. The number of ether oxygens (including phenoxy) is 1. The first-order valence-electron chi connectivity index (χ1n) is 5.16. The van der Waals surface area contributed by atoms with Crippen LogP contribution in [0.2, 0.25) is 0 Å². The molecular formula is C12H19NO2. The van der Waals surface area contributed by atoms with Gasteiger partial charge in [-0.15, -0.1) is 0 Å². The van der Waals surface area contributed by atoms with Crippen molar-refractivity contribution in [3.8, 4) is 11.5 Å². The van der Waals surface area contributed by atoms with Gasteiger partial charge in [-0.25, -0.2) is 0 Å². The van der Waals surface area contributed by atoms with E-state index in [2.05, 4.69) is 0 Å². The second kappa shape index (κ2) is 4.53. The Morgan fingerprint density at radius 1 is 1.40 bits per heavy atom. The van der Waals surface area contributed by atoms with E-state index in [9.17, 15) is 5.11 Å². The topological polar surface area (TPSA) is 55.5 Å². The molecule has 3 heteroatoms. The molecule has 0 heterocycles. The Morgan fingerprint density at radius 2 is 2.07 bits per heavy atom. The molecule has 3 N–H and O–H groups in total. The fourth-order valence-electron chi connectivity index (χ4n) is 1.48. The number of hydrogen-bond acceptors (Lipinski definition) is 3. The monoisotopic (exact) mass is 209 g/mol. The average Bonchev–Trinajstić information content (AvgIpc) is 2.10. The highest BCUT2D eigenvalue weighted by molar-refractivity contribution is 5.44. The van der Waals surface area contributed by atoms with E-state index in [4.69, 9.17) is 10.5 Å². The predicted octanol–water partition coefficient (Wildman–Crippen LogP) is 2.07. The third-order valence-corrected chi connectivity index (χ3v) is 2.04. The summed E-state index contributed by atoms with van der Waals surface area (Å²) in [5, 5.41) is 9.75. The van der Waals surface area contributed by atoms with Crippen LogP contribution >= 0.6 is 0 Å². The second-order valence-corrected chi connectivity index (χ2v) is 4.35. The van der Waals surface area contributed by atoms with Crippen LogP contribution in [0.25, 0.3) is 0 Å². The molecule has 0 spiro atoms. The standard InChI is InChI=1S/C12H19NO2/c1-4-15-11-7-5-6-10(14)9(11)8-12(2,3)13/h5-7,14H,4,8,13H2,1-3H3. The van der Waals surface area contributed by atoms with Crippen molar-refractivity contribution < 1.29 is 9.84 Å². The molecule has 3 nitrogen and oxygen atoms in total. The van der Waals surface area contributed by atoms with Gasteiger partial charge in [0.15, 0.2) is 0 Å². The minimum absolute atomic E-state index is 0.250. The molecule has 1 aromatic rings. The lowest BCUT2D eigenvalue weighted by molar-refractivity contribution is 0.329. The Labute approximate surface area is 90.9 Å². The first kappa shape index (κ1) is 11.9. The number of phenolic OH excluding ortho intramolecular Hbond substituents is 1. The number of rotatable bonds is 4. The molecule has 0 aromatic heterocycles. The van der Waals surface area contributed by atoms with Crippen molar-refractivity contribution in [3.63, 3.8) is 0 Å². The molecule has 84 valence electrons. The maximum atomic E-state index is 9.75. The lowest BCUT2D eigenvalue weighted by Crippen LogP contribution is -2.34. The van der Waals surface area contributed by atoms with Gasteiger partial charge < -0.3 is 15.6 Å². The number of benzene rings is 1. The van der Waals surface area contributed by atoms with E-state index >= 15 is 0 Å². The quantitative estimate of drug-likeness (QED) is 0.798. The highest BCUT2D eigenvalue weighted by Gasteiger charge is 2.18. The van der Waals surface area contributed by atoms with Crippen LogP contribution in [0.15, 0.2) is 18.2 Å². The van der Waals surface area contributed by atoms with Crippen LogP contribution in [0.3, 0.4) is 0 Å². The van der Waals surface area contributed by atoms with Crippen molar-refractivity contribution in [2.24, 2.45) is 5.73 Å². The molecule has 0 amide bonds. The summed E-state index contributed by atoms with van der Waals surface area (Å²) in [4.78, 5) is 0. The van der Waals surface area contributed by atoms with Gasteiger partial charge >= 0.3 is 0 Å². The van der Waals surface area contributed by atoms with Gasteiger partial charge in [0.25, 0.3) is 0 Å². The smallest absolute Gasteiger partial charge is 0.126 e. The zero-order valence-electron chi connectivity index (χ0n) is 9.58.